The molecule has 1 atom stereocenters. The van der Waals surface area contributed by atoms with Crippen molar-refractivity contribution in [1.29, 1.82) is 0 Å². The fraction of sp³-hybridized carbons (Fsp3) is 1.00. The molecule has 0 aliphatic carbocycles. The Bertz CT molecular complexity index is 263. The molecule has 0 saturated heterocycles. The van der Waals surface area contributed by atoms with Crippen LogP contribution in [0.15, 0.2) is 0 Å². The van der Waals surface area contributed by atoms with E-state index < -0.39 is 9.84 Å². The molecule has 1 N–H and O–H groups in total. The first-order chi connectivity index (χ1) is 7.35. The molecule has 0 amide bonds. The second kappa shape index (κ2) is 8.37. The van der Waals surface area contributed by atoms with Crippen molar-refractivity contribution < 1.29 is 8.42 Å². The zero-order valence-electron chi connectivity index (χ0n) is 10.8. The second-order valence-electron chi connectivity index (χ2n) is 4.60. The third-order valence-corrected chi connectivity index (χ3v) is 4.62. The first-order valence-corrected chi connectivity index (χ1v) is 9.05. The van der Waals surface area contributed by atoms with Crippen LogP contribution in [0.1, 0.15) is 27.2 Å². The van der Waals surface area contributed by atoms with E-state index >= 15 is 0 Å². The molecule has 0 aliphatic heterocycles. The molecular formula is C11H25NO2S2. The molecule has 0 aromatic heterocycles. The maximum Gasteiger partial charge on any atom is 0.147 e. The van der Waals surface area contributed by atoms with Crippen molar-refractivity contribution in [3.63, 3.8) is 0 Å². The third kappa shape index (κ3) is 10.8. The SMILES string of the molecule is CCNC(CCS(C)(=O)=O)CSCC(C)C. The summed E-state index contributed by atoms with van der Waals surface area (Å²) in [4.78, 5) is 0. The molecule has 98 valence electrons. The van der Waals surface area contributed by atoms with Gasteiger partial charge in [-0.25, -0.2) is 8.42 Å². The minimum absolute atomic E-state index is 0.285. The molecule has 3 nitrogen and oxygen atoms in total. The first-order valence-electron chi connectivity index (χ1n) is 5.84. The maximum atomic E-state index is 11.1. The van der Waals surface area contributed by atoms with E-state index in [0.717, 1.165) is 24.5 Å². The average molecular weight is 267 g/mol. The Kier molecular flexibility index (Phi) is 8.50. The summed E-state index contributed by atoms with van der Waals surface area (Å²) in [6.07, 6.45) is 2.02. The molecule has 0 aromatic carbocycles. The molecule has 16 heavy (non-hydrogen) atoms. The lowest BCUT2D eigenvalue weighted by molar-refractivity contribution is 0.548. The van der Waals surface area contributed by atoms with E-state index in [1.165, 1.54) is 6.26 Å². The van der Waals surface area contributed by atoms with Crippen molar-refractivity contribution in [2.75, 3.05) is 30.1 Å². The number of rotatable bonds is 9. The van der Waals surface area contributed by atoms with Crippen molar-refractivity contribution in [2.45, 2.75) is 33.2 Å². The normalized spacial score (nSPS) is 14.3. The van der Waals surface area contributed by atoms with Gasteiger partial charge in [0.25, 0.3) is 0 Å². The smallest absolute Gasteiger partial charge is 0.147 e. The van der Waals surface area contributed by atoms with Gasteiger partial charge in [-0.05, 0) is 24.6 Å². The van der Waals surface area contributed by atoms with Crippen LogP contribution in [0.3, 0.4) is 0 Å². The predicted octanol–water partition coefficient (Wildman–Crippen LogP) is 1.79. The molecule has 0 heterocycles. The van der Waals surface area contributed by atoms with E-state index in [0.29, 0.717) is 12.0 Å². The van der Waals surface area contributed by atoms with Crippen LogP contribution in [-0.4, -0.2) is 44.5 Å². The number of hydrogen-bond acceptors (Lipinski definition) is 4. The highest BCUT2D eigenvalue weighted by atomic mass is 32.2. The number of thioether (sulfide) groups is 1. The summed E-state index contributed by atoms with van der Waals surface area (Å²) >= 11 is 1.90. The molecule has 0 fully saturated rings. The van der Waals surface area contributed by atoms with E-state index in [1.807, 2.05) is 11.8 Å². The van der Waals surface area contributed by atoms with Crippen LogP contribution >= 0.6 is 11.8 Å². The Balaban J connectivity index is 3.88. The quantitative estimate of drug-likeness (QED) is 0.692. The highest BCUT2D eigenvalue weighted by molar-refractivity contribution is 7.99. The summed E-state index contributed by atoms with van der Waals surface area (Å²) in [7, 11) is -2.83. The lowest BCUT2D eigenvalue weighted by Crippen LogP contribution is -2.33. The predicted molar refractivity (Wildman–Crippen MR) is 74.0 cm³/mol. The van der Waals surface area contributed by atoms with Crippen LogP contribution in [0, 0.1) is 5.92 Å². The van der Waals surface area contributed by atoms with Crippen LogP contribution in [0.25, 0.3) is 0 Å². The highest BCUT2D eigenvalue weighted by Crippen LogP contribution is 2.11. The summed E-state index contributed by atoms with van der Waals surface area (Å²) in [5.41, 5.74) is 0. The van der Waals surface area contributed by atoms with E-state index in [9.17, 15) is 8.42 Å². The van der Waals surface area contributed by atoms with Crippen molar-refractivity contribution in [3.8, 4) is 0 Å². The molecule has 1 unspecified atom stereocenters. The minimum Gasteiger partial charge on any atom is -0.313 e. The van der Waals surface area contributed by atoms with Crippen molar-refractivity contribution in [3.05, 3.63) is 0 Å². The van der Waals surface area contributed by atoms with Gasteiger partial charge in [-0.3, -0.25) is 0 Å². The Morgan fingerprint density at radius 1 is 1.25 bits per heavy atom. The van der Waals surface area contributed by atoms with Crippen LogP contribution in [0.5, 0.6) is 0 Å². The first kappa shape index (κ1) is 16.3. The topological polar surface area (TPSA) is 46.2 Å². The average Bonchev–Trinajstić information content (AvgIpc) is 2.12. The largest absolute Gasteiger partial charge is 0.313 e. The maximum absolute atomic E-state index is 11.1. The fourth-order valence-electron chi connectivity index (χ4n) is 1.34. The lowest BCUT2D eigenvalue weighted by Gasteiger charge is -2.17. The Morgan fingerprint density at radius 2 is 1.88 bits per heavy atom. The Morgan fingerprint density at radius 3 is 2.31 bits per heavy atom. The summed E-state index contributed by atoms with van der Waals surface area (Å²) in [6.45, 7) is 7.36. The third-order valence-electron chi connectivity index (χ3n) is 2.10. The molecule has 5 heteroatoms. The van der Waals surface area contributed by atoms with E-state index in [2.05, 4.69) is 26.1 Å². The summed E-state index contributed by atoms with van der Waals surface area (Å²) in [5.74, 6) is 3.12. The highest BCUT2D eigenvalue weighted by Gasteiger charge is 2.11. The number of hydrogen-bond donors (Lipinski definition) is 1. The van der Waals surface area contributed by atoms with Crippen LogP contribution in [0.2, 0.25) is 0 Å². The van der Waals surface area contributed by atoms with Gasteiger partial charge in [0.15, 0.2) is 0 Å². The molecule has 0 aromatic rings. The summed E-state index contributed by atoms with van der Waals surface area (Å²) in [5, 5.41) is 3.34. The molecule has 0 rings (SSSR count). The van der Waals surface area contributed by atoms with Crippen LogP contribution in [0.4, 0.5) is 0 Å². The lowest BCUT2D eigenvalue weighted by atomic mass is 10.2. The van der Waals surface area contributed by atoms with Gasteiger partial charge in [0.2, 0.25) is 0 Å². The van der Waals surface area contributed by atoms with E-state index in [-0.39, 0.29) is 5.75 Å². The van der Waals surface area contributed by atoms with Gasteiger partial charge in [0.05, 0.1) is 5.75 Å². The standard InChI is InChI=1S/C11H25NO2S2/c1-5-12-11(6-7-16(4,13)14)9-15-8-10(2)3/h10-12H,5-9H2,1-4H3. The van der Waals surface area contributed by atoms with Gasteiger partial charge < -0.3 is 5.32 Å². The monoisotopic (exact) mass is 267 g/mol. The molecule has 0 saturated carbocycles. The minimum atomic E-state index is -2.83. The summed E-state index contributed by atoms with van der Waals surface area (Å²) < 4.78 is 22.2. The Labute approximate surface area is 105 Å². The molecule has 0 bridgehead atoms. The molecule has 0 radical (unpaired) electrons. The van der Waals surface area contributed by atoms with E-state index in [1.54, 1.807) is 0 Å². The van der Waals surface area contributed by atoms with Gasteiger partial charge in [-0.1, -0.05) is 20.8 Å². The van der Waals surface area contributed by atoms with Gasteiger partial charge in [-0.2, -0.15) is 11.8 Å². The fourth-order valence-corrected chi connectivity index (χ4v) is 3.22. The van der Waals surface area contributed by atoms with Crippen molar-refractivity contribution in [2.24, 2.45) is 5.92 Å². The molecule has 0 aliphatic rings. The second-order valence-corrected chi connectivity index (χ2v) is 7.94. The number of sulfone groups is 1. The van der Waals surface area contributed by atoms with E-state index in [4.69, 9.17) is 0 Å². The van der Waals surface area contributed by atoms with Crippen molar-refractivity contribution in [1.82, 2.24) is 5.32 Å². The molecular weight excluding hydrogens is 242 g/mol. The van der Waals surface area contributed by atoms with Crippen LogP contribution < -0.4 is 5.32 Å². The summed E-state index contributed by atoms with van der Waals surface area (Å²) in [6, 6.07) is 0.323. The van der Waals surface area contributed by atoms with Crippen molar-refractivity contribution >= 4 is 21.6 Å². The van der Waals surface area contributed by atoms with Crippen LogP contribution in [-0.2, 0) is 9.84 Å². The number of nitrogens with one attached hydrogen (secondary N) is 1. The Hall–Kier alpha value is 0.260. The van der Waals surface area contributed by atoms with Gasteiger partial charge in [0.1, 0.15) is 9.84 Å². The van der Waals surface area contributed by atoms with Gasteiger partial charge >= 0.3 is 0 Å². The zero-order valence-corrected chi connectivity index (χ0v) is 12.5. The van der Waals surface area contributed by atoms with Gasteiger partial charge in [0, 0.05) is 18.1 Å². The van der Waals surface area contributed by atoms with Gasteiger partial charge in [-0.15, -0.1) is 0 Å². The molecule has 0 spiro atoms. The zero-order chi connectivity index (χ0) is 12.6.